The van der Waals surface area contributed by atoms with Crippen LogP contribution in [0.15, 0.2) is 36.7 Å². The maximum absolute atomic E-state index is 5.70. The van der Waals surface area contributed by atoms with Crippen LogP contribution in [0.2, 0.25) is 0 Å². The topological polar surface area (TPSA) is 47.1 Å². The zero-order valence-corrected chi connectivity index (χ0v) is 11.7. The molecule has 0 amide bonds. The summed E-state index contributed by atoms with van der Waals surface area (Å²) >= 11 is 0. The number of imidazole rings is 1. The summed E-state index contributed by atoms with van der Waals surface area (Å²) in [4.78, 5) is 6.65. The summed E-state index contributed by atoms with van der Waals surface area (Å²) in [5.74, 6) is 1.11. The highest BCUT2D eigenvalue weighted by Crippen LogP contribution is 2.11. The number of hydrogen-bond acceptors (Lipinski definition) is 3. The van der Waals surface area contributed by atoms with E-state index in [2.05, 4.69) is 46.9 Å². The standard InChI is InChI=1S/C15H22N4/c1-18(2)9-3-10-19-11-8-17-15(19)12-13-4-6-14(16)7-5-13/h4-8,11H,3,9-10,12,16H2,1-2H3. The molecule has 4 nitrogen and oxygen atoms in total. The molecular weight excluding hydrogens is 236 g/mol. The van der Waals surface area contributed by atoms with Crippen molar-refractivity contribution < 1.29 is 0 Å². The lowest BCUT2D eigenvalue weighted by atomic mass is 10.1. The first-order valence-electron chi connectivity index (χ1n) is 6.64. The summed E-state index contributed by atoms with van der Waals surface area (Å²) in [7, 11) is 4.20. The molecular formula is C15H22N4. The van der Waals surface area contributed by atoms with Crippen LogP contribution in [0.25, 0.3) is 0 Å². The molecule has 0 aliphatic rings. The molecule has 2 aromatic rings. The molecule has 0 aliphatic heterocycles. The van der Waals surface area contributed by atoms with Crippen molar-refractivity contribution in [2.24, 2.45) is 0 Å². The highest BCUT2D eigenvalue weighted by Gasteiger charge is 2.04. The lowest BCUT2D eigenvalue weighted by Crippen LogP contribution is -2.15. The first kappa shape index (κ1) is 13.6. The van der Waals surface area contributed by atoms with Crippen molar-refractivity contribution in [2.75, 3.05) is 26.4 Å². The van der Waals surface area contributed by atoms with Crippen LogP contribution in [0.5, 0.6) is 0 Å². The number of rotatable bonds is 6. The third kappa shape index (κ3) is 4.10. The Morgan fingerprint density at radius 3 is 2.63 bits per heavy atom. The maximum Gasteiger partial charge on any atom is 0.113 e. The predicted octanol–water partition coefficient (Wildman–Crippen LogP) is 2.01. The lowest BCUT2D eigenvalue weighted by molar-refractivity contribution is 0.385. The van der Waals surface area contributed by atoms with Gasteiger partial charge in [0.2, 0.25) is 0 Å². The first-order chi connectivity index (χ1) is 9.15. The number of nitrogens with zero attached hydrogens (tertiary/aromatic N) is 3. The summed E-state index contributed by atoms with van der Waals surface area (Å²) in [6.45, 7) is 2.11. The number of anilines is 1. The summed E-state index contributed by atoms with van der Waals surface area (Å²) < 4.78 is 2.24. The fourth-order valence-corrected chi connectivity index (χ4v) is 2.09. The van der Waals surface area contributed by atoms with E-state index in [1.54, 1.807) is 0 Å². The third-order valence-electron chi connectivity index (χ3n) is 3.15. The van der Waals surface area contributed by atoms with Crippen LogP contribution >= 0.6 is 0 Å². The van der Waals surface area contributed by atoms with Gasteiger partial charge in [-0.15, -0.1) is 0 Å². The van der Waals surface area contributed by atoms with E-state index in [1.807, 2.05) is 18.3 Å². The van der Waals surface area contributed by atoms with Gasteiger partial charge in [-0.2, -0.15) is 0 Å². The quantitative estimate of drug-likeness (QED) is 0.806. The molecule has 0 saturated carbocycles. The molecule has 0 spiro atoms. The van der Waals surface area contributed by atoms with Crippen LogP contribution in [-0.2, 0) is 13.0 Å². The van der Waals surface area contributed by atoms with E-state index < -0.39 is 0 Å². The van der Waals surface area contributed by atoms with Gasteiger partial charge < -0.3 is 15.2 Å². The van der Waals surface area contributed by atoms with Crippen LogP contribution in [0.3, 0.4) is 0 Å². The smallest absolute Gasteiger partial charge is 0.113 e. The normalized spacial score (nSPS) is 11.1. The Hall–Kier alpha value is -1.81. The molecule has 4 heteroatoms. The average molecular weight is 258 g/mol. The van der Waals surface area contributed by atoms with Crippen molar-refractivity contribution in [2.45, 2.75) is 19.4 Å². The molecule has 2 N–H and O–H groups in total. The monoisotopic (exact) mass is 258 g/mol. The zero-order chi connectivity index (χ0) is 13.7. The van der Waals surface area contributed by atoms with Crippen LogP contribution in [-0.4, -0.2) is 35.1 Å². The Bertz CT molecular complexity index is 499. The van der Waals surface area contributed by atoms with E-state index in [0.717, 1.165) is 37.4 Å². The molecule has 1 aromatic heterocycles. The van der Waals surface area contributed by atoms with Crippen LogP contribution in [0.4, 0.5) is 5.69 Å². The number of nitrogens with two attached hydrogens (primary N) is 1. The van der Waals surface area contributed by atoms with Gasteiger partial charge in [0.25, 0.3) is 0 Å². The molecule has 0 saturated heterocycles. The second-order valence-corrected chi connectivity index (χ2v) is 5.11. The van der Waals surface area contributed by atoms with Gasteiger partial charge in [-0.05, 0) is 44.8 Å². The fraction of sp³-hybridized carbons (Fsp3) is 0.400. The SMILES string of the molecule is CN(C)CCCn1ccnc1Cc1ccc(N)cc1. The number of hydrogen-bond donors (Lipinski definition) is 1. The van der Waals surface area contributed by atoms with Gasteiger partial charge in [0, 0.05) is 31.0 Å². The zero-order valence-electron chi connectivity index (χ0n) is 11.7. The molecule has 1 heterocycles. The van der Waals surface area contributed by atoms with Crippen molar-refractivity contribution >= 4 is 5.69 Å². The van der Waals surface area contributed by atoms with Crippen LogP contribution in [0.1, 0.15) is 17.8 Å². The Labute approximate surface area is 114 Å². The molecule has 0 bridgehead atoms. The highest BCUT2D eigenvalue weighted by atomic mass is 15.1. The van der Waals surface area contributed by atoms with E-state index in [4.69, 9.17) is 5.73 Å². The van der Waals surface area contributed by atoms with Gasteiger partial charge in [-0.1, -0.05) is 12.1 Å². The average Bonchev–Trinajstić information content (AvgIpc) is 2.79. The van der Waals surface area contributed by atoms with Gasteiger partial charge in [0.1, 0.15) is 5.82 Å². The molecule has 0 aliphatic carbocycles. The summed E-state index contributed by atoms with van der Waals surface area (Å²) in [6, 6.07) is 8.01. The third-order valence-corrected chi connectivity index (χ3v) is 3.15. The van der Waals surface area contributed by atoms with Gasteiger partial charge in [-0.3, -0.25) is 0 Å². The van der Waals surface area contributed by atoms with E-state index in [1.165, 1.54) is 5.56 Å². The fourth-order valence-electron chi connectivity index (χ4n) is 2.09. The summed E-state index contributed by atoms with van der Waals surface area (Å²) in [6.07, 6.45) is 5.93. The lowest BCUT2D eigenvalue weighted by Gasteiger charge is -2.11. The molecule has 19 heavy (non-hydrogen) atoms. The van der Waals surface area contributed by atoms with Gasteiger partial charge in [0.15, 0.2) is 0 Å². The maximum atomic E-state index is 5.70. The van der Waals surface area contributed by atoms with Crippen molar-refractivity contribution in [1.82, 2.24) is 14.5 Å². The molecule has 0 unspecified atom stereocenters. The van der Waals surface area contributed by atoms with Crippen molar-refractivity contribution in [1.29, 1.82) is 0 Å². The van der Waals surface area contributed by atoms with E-state index in [9.17, 15) is 0 Å². The Balaban J connectivity index is 1.97. The summed E-state index contributed by atoms with van der Waals surface area (Å²) in [5, 5.41) is 0. The largest absolute Gasteiger partial charge is 0.399 e. The van der Waals surface area contributed by atoms with Crippen LogP contribution in [0, 0.1) is 0 Å². The Kier molecular flexibility index (Phi) is 4.58. The Morgan fingerprint density at radius 1 is 1.21 bits per heavy atom. The molecule has 2 rings (SSSR count). The van der Waals surface area contributed by atoms with Gasteiger partial charge in [-0.25, -0.2) is 4.98 Å². The minimum atomic E-state index is 0.804. The highest BCUT2D eigenvalue weighted by molar-refractivity contribution is 5.39. The first-order valence-corrected chi connectivity index (χ1v) is 6.64. The number of benzene rings is 1. The second kappa shape index (κ2) is 6.38. The predicted molar refractivity (Wildman–Crippen MR) is 79.1 cm³/mol. The molecule has 102 valence electrons. The van der Waals surface area contributed by atoms with Crippen LogP contribution < -0.4 is 5.73 Å². The molecule has 0 radical (unpaired) electrons. The van der Waals surface area contributed by atoms with Gasteiger partial charge in [0.05, 0.1) is 0 Å². The summed E-state index contributed by atoms with van der Waals surface area (Å²) in [5.41, 5.74) is 7.75. The minimum absolute atomic E-state index is 0.804. The molecule has 0 atom stereocenters. The number of aryl methyl sites for hydroxylation is 1. The van der Waals surface area contributed by atoms with E-state index in [-0.39, 0.29) is 0 Å². The Morgan fingerprint density at radius 2 is 1.95 bits per heavy atom. The molecule has 1 aromatic carbocycles. The van der Waals surface area contributed by atoms with Crippen molar-refractivity contribution in [3.8, 4) is 0 Å². The number of aromatic nitrogens is 2. The second-order valence-electron chi connectivity index (χ2n) is 5.11. The minimum Gasteiger partial charge on any atom is -0.399 e. The van der Waals surface area contributed by atoms with E-state index in [0.29, 0.717) is 0 Å². The van der Waals surface area contributed by atoms with E-state index >= 15 is 0 Å². The number of nitrogen functional groups attached to an aromatic ring is 1. The molecule has 0 fully saturated rings. The van der Waals surface area contributed by atoms with Gasteiger partial charge >= 0.3 is 0 Å². The van der Waals surface area contributed by atoms with Crippen molar-refractivity contribution in [3.63, 3.8) is 0 Å². The van der Waals surface area contributed by atoms with Crippen molar-refractivity contribution in [3.05, 3.63) is 48.0 Å².